The van der Waals surface area contributed by atoms with Gasteiger partial charge in [-0.25, -0.2) is 0 Å². The van der Waals surface area contributed by atoms with Crippen LogP contribution in [-0.2, 0) is 4.74 Å². The Morgan fingerprint density at radius 1 is 1.30 bits per heavy atom. The zero-order valence-electron chi connectivity index (χ0n) is 13.4. The van der Waals surface area contributed by atoms with Crippen molar-refractivity contribution in [2.75, 3.05) is 11.9 Å². The van der Waals surface area contributed by atoms with E-state index in [9.17, 15) is 0 Å². The third-order valence-electron chi connectivity index (χ3n) is 4.81. The van der Waals surface area contributed by atoms with E-state index in [1.807, 2.05) is 0 Å². The zero-order chi connectivity index (χ0) is 14.6. The van der Waals surface area contributed by atoms with Gasteiger partial charge in [0.2, 0.25) is 0 Å². The van der Waals surface area contributed by atoms with E-state index in [2.05, 4.69) is 57.3 Å². The largest absolute Gasteiger partial charge is 0.382 e. The molecule has 0 radical (unpaired) electrons. The molecule has 2 nitrogen and oxygen atoms in total. The standard InChI is InChI=1S/C18H29NO/c1-5-14(3)15-7-9-16(10-8-15)19-17-11-12-20-18(4,6-2)13-17/h7-10,14,17,19H,5-6,11-13H2,1-4H3. The van der Waals surface area contributed by atoms with Crippen molar-refractivity contribution in [1.82, 2.24) is 0 Å². The lowest BCUT2D eigenvalue weighted by molar-refractivity contribution is -0.0708. The number of hydrogen-bond acceptors (Lipinski definition) is 2. The fourth-order valence-corrected chi connectivity index (χ4v) is 2.88. The molecule has 3 unspecified atom stereocenters. The molecule has 1 aliphatic rings. The van der Waals surface area contributed by atoms with Gasteiger partial charge in [0.25, 0.3) is 0 Å². The third kappa shape index (κ3) is 3.76. The lowest BCUT2D eigenvalue weighted by Gasteiger charge is -2.38. The normalized spacial score (nSPS) is 28.1. The summed E-state index contributed by atoms with van der Waals surface area (Å²) in [6.45, 7) is 9.83. The first kappa shape index (κ1) is 15.4. The van der Waals surface area contributed by atoms with Gasteiger partial charge in [-0.3, -0.25) is 0 Å². The Hall–Kier alpha value is -1.02. The molecule has 0 aliphatic carbocycles. The zero-order valence-corrected chi connectivity index (χ0v) is 13.4. The molecule has 2 rings (SSSR count). The van der Waals surface area contributed by atoms with E-state index in [0.29, 0.717) is 12.0 Å². The Bertz CT molecular complexity index is 414. The minimum atomic E-state index is 0.0482. The van der Waals surface area contributed by atoms with Crippen LogP contribution in [0, 0.1) is 0 Å². The van der Waals surface area contributed by atoms with Crippen LogP contribution in [0.5, 0.6) is 0 Å². The van der Waals surface area contributed by atoms with Gasteiger partial charge in [0.15, 0.2) is 0 Å². The van der Waals surface area contributed by atoms with Crippen LogP contribution in [0.4, 0.5) is 5.69 Å². The monoisotopic (exact) mass is 275 g/mol. The van der Waals surface area contributed by atoms with Gasteiger partial charge in [-0.1, -0.05) is 32.9 Å². The summed E-state index contributed by atoms with van der Waals surface area (Å²) in [6.07, 6.45) is 4.47. The quantitative estimate of drug-likeness (QED) is 0.820. The molecule has 112 valence electrons. The molecule has 0 spiro atoms. The summed E-state index contributed by atoms with van der Waals surface area (Å²) < 4.78 is 5.91. The lowest BCUT2D eigenvalue weighted by atomic mass is 9.89. The maximum atomic E-state index is 5.91. The number of rotatable bonds is 5. The molecular formula is C18H29NO. The number of anilines is 1. The molecule has 3 atom stereocenters. The molecule has 1 aromatic carbocycles. The van der Waals surface area contributed by atoms with Gasteiger partial charge in [0.05, 0.1) is 5.60 Å². The lowest BCUT2D eigenvalue weighted by Crippen LogP contribution is -2.41. The summed E-state index contributed by atoms with van der Waals surface area (Å²) in [5.41, 5.74) is 2.72. The van der Waals surface area contributed by atoms with Gasteiger partial charge in [0.1, 0.15) is 0 Å². The summed E-state index contributed by atoms with van der Waals surface area (Å²) in [6, 6.07) is 9.49. The number of nitrogens with one attached hydrogen (secondary N) is 1. The summed E-state index contributed by atoms with van der Waals surface area (Å²) in [5.74, 6) is 0.649. The molecule has 20 heavy (non-hydrogen) atoms. The molecule has 0 aromatic heterocycles. The fourth-order valence-electron chi connectivity index (χ4n) is 2.88. The highest BCUT2D eigenvalue weighted by Crippen LogP contribution is 2.30. The van der Waals surface area contributed by atoms with Gasteiger partial charge in [-0.05, 0) is 56.2 Å². The van der Waals surface area contributed by atoms with Crippen LogP contribution in [0.25, 0.3) is 0 Å². The molecule has 1 aliphatic heterocycles. The van der Waals surface area contributed by atoms with Crippen molar-refractivity contribution in [2.24, 2.45) is 0 Å². The highest BCUT2D eigenvalue weighted by atomic mass is 16.5. The number of ether oxygens (including phenoxy) is 1. The predicted molar refractivity (Wildman–Crippen MR) is 86.4 cm³/mol. The van der Waals surface area contributed by atoms with E-state index in [-0.39, 0.29) is 5.60 Å². The second-order valence-electron chi connectivity index (χ2n) is 6.42. The summed E-state index contributed by atoms with van der Waals surface area (Å²) in [4.78, 5) is 0. The van der Waals surface area contributed by atoms with Crippen LogP contribution >= 0.6 is 0 Å². The molecule has 0 bridgehead atoms. The molecule has 0 saturated carbocycles. The first-order chi connectivity index (χ1) is 9.56. The van der Waals surface area contributed by atoms with Gasteiger partial charge in [-0.15, -0.1) is 0 Å². The van der Waals surface area contributed by atoms with Crippen LogP contribution in [0.1, 0.15) is 64.9 Å². The summed E-state index contributed by atoms with van der Waals surface area (Å²) >= 11 is 0. The number of benzene rings is 1. The highest BCUT2D eigenvalue weighted by molar-refractivity contribution is 5.46. The van der Waals surface area contributed by atoms with Crippen LogP contribution in [0.15, 0.2) is 24.3 Å². The molecule has 1 aromatic rings. The van der Waals surface area contributed by atoms with Crippen molar-refractivity contribution < 1.29 is 4.74 Å². The Morgan fingerprint density at radius 2 is 2.00 bits per heavy atom. The van der Waals surface area contributed by atoms with Crippen molar-refractivity contribution >= 4 is 5.69 Å². The molecule has 1 fully saturated rings. The fraction of sp³-hybridized carbons (Fsp3) is 0.667. The summed E-state index contributed by atoms with van der Waals surface area (Å²) in [7, 11) is 0. The topological polar surface area (TPSA) is 21.3 Å². The third-order valence-corrected chi connectivity index (χ3v) is 4.81. The van der Waals surface area contributed by atoms with E-state index in [0.717, 1.165) is 25.9 Å². The average molecular weight is 275 g/mol. The van der Waals surface area contributed by atoms with Gasteiger partial charge < -0.3 is 10.1 Å². The van der Waals surface area contributed by atoms with Crippen molar-refractivity contribution in [2.45, 2.75) is 70.9 Å². The van der Waals surface area contributed by atoms with Crippen LogP contribution in [-0.4, -0.2) is 18.2 Å². The Morgan fingerprint density at radius 3 is 2.60 bits per heavy atom. The molecule has 0 amide bonds. The predicted octanol–water partition coefficient (Wildman–Crippen LogP) is 4.96. The van der Waals surface area contributed by atoms with Crippen molar-refractivity contribution in [3.05, 3.63) is 29.8 Å². The average Bonchev–Trinajstić information content (AvgIpc) is 2.47. The maximum absolute atomic E-state index is 5.91. The van der Waals surface area contributed by atoms with E-state index in [1.165, 1.54) is 17.7 Å². The Kier molecular flexibility index (Phi) is 5.09. The van der Waals surface area contributed by atoms with Crippen LogP contribution in [0.2, 0.25) is 0 Å². The first-order valence-electron chi connectivity index (χ1n) is 8.06. The van der Waals surface area contributed by atoms with E-state index < -0.39 is 0 Å². The Balaban J connectivity index is 1.96. The van der Waals surface area contributed by atoms with Gasteiger partial charge in [-0.2, -0.15) is 0 Å². The van der Waals surface area contributed by atoms with Gasteiger partial charge >= 0.3 is 0 Å². The molecular weight excluding hydrogens is 246 g/mol. The minimum absolute atomic E-state index is 0.0482. The molecule has 1 N–H and O–H groups in total. The minimum Gasteiger partial charge on any atom is -0.382 e. The van der Waals surface area contributed by atoms with Crippen LogP contribution in [0.3, 0.4) is 0 Å². The van der Waals surface area contributed by atoms with Crippen molar-refractivity contribution in [3.8, 4) is 0 Å². The second-order valence-corrected chi connectivity index (χ2v) is 6.42. The number of hydrogen-bond donors (Lipinski definition) is 1. The second kappa shape index (κ2) is 6.62. The first-order valence-corrected chi connectivity index (χ1v) is 8.06. The van der Waals surface area contributed by atoms with E-state index >= 15 is 0 Å². The maximum Gasteiger partial charge on any atom is 0.0671 e. The van der Waals surface area contributed by atoms with E-state index in [1.54, 1.807) is 0 Å². The molecule has 1 saturated heterocycles. The SMILES string of the molecule is CCC(C)c1ccc(NC2CCOC(C)(CC)C2)cc1. The van der Waals surface area contributed by atoms with Gasteiger partial charge in [0, 0.05) is 18.3 Å². The smallest absolute Gasteiger partial charge is 0.0671 e. The molecule has 1 heterocycles. The van der Waals surface area contributed by atoms with Crippen molar-refractivity contribution in [1.29, 1.82) is 0 Å². The van der Waals surface area contributed by atoms with Crippen LogP contribution < -0.4 is 5.32 Å². The summed E-state index contributed by atoms with van der Waals surface area (Å²) in [5, 5.41) is 3.67. The molecule has 2 heteroatoms. The van der Waals surface area contributed by atoms with Crippen molar-refractivity contribution in [3.63, 3.8) is 0 Å². The Labute approximate surface area is 123 Å². The van der Waals surface area contributed by atoms with E-state index in [4.69, 9.17) is 4.74 Å². The highest BCUT2D eigenvalue weighted by Gasteiger charge is 2.31.